The molecule has 1 heterocycles. The fourth-order valence-corrected chi connectivity index (χ4v) is 0.802. The average Bonchev–Trinajstić information content (AvgIpc) is 1.61. The van der Waals surface area contributed by atoms with Crippen LogP contribution in [0, 0.1) is 5.92 Å². The van der Waals surface area contributed by atoms with Crippen molar-refractivity contribution in [3.63, 3.8) is 0 Å². The predicted molar refractivity (Wildman–Crippen MR) is 28.6 cm³/mol. The lowest BCUT2D eigenvalue weighted by Crippen LogP contribution is -2.55. The summed E-state index contributed by atoms with van der Waals surface area (Å²) < 4.78 is 0. The number of carbonyl (C=O) groups is 1. The smallest absolute Gasteiger partial charge is 0.321 e. The van der Waals surface area contributed by atoms with Crippen LogP contribution >= 0.6 is 0 Å². The van der Waals surface area contributed by atoms with Gasteiger partial charge < -0.3 is 10.4 Å². The Labute approximate surface area is 47.7 Å². The van der Waals surface area contributed by atoms with Crippen molar-refractivity contribution < 1.29 is 9.90 Å². The molecular weight excluding hydrogens is 106 g/mol. The summed E-state index contributed by atoms with van der Waals surface area (Å²) in [4.78, 5) is 10.1. The summed E-state index contributed by atoms with van der Waals surface area (Å²) in [6.45, 7) is 2.77. The van der Waals surface area contributed by atoms with Gasteiger partial charge in [0.15, 0.2) is 0 Å². The molecule has 1 rings (SSSR count). The van der Waals surface area contributed by atoms with Crippen LogP contribution in [0.2, 0.25) is 0 Å². The maximum absolute atomic E-state index is 10.1. The van der Waals surface area contributed by atoms with Gasteiger partial charge in [0, 0.05) is 6.54 Å². The second-order valence-corrected chi connectivity index (χ2v) is 2.20. The van der Waals surface area contributed by atoms with E-state index in [2.05, 4.69) is 5.32 Å². The van der Waals surface area contributed by atoms with Crippen LogP contribution in [0.5, 0.6) is 0 Å². The molecule has 0 aromatic rings. The van der Waals surface area contributed by atoms with Crippen LogP contribution < -0.4 is 5.32 Å². The molecule has 1 fully saturated rings. The molecular formula is C5H9NO2. The van der Waals surface area contributed by atoms with Crippen LogP contribution in [-0.4, -0.2) is 23.7 Å². The Morgan fingerprint density at radius 3 is 2.50 bits per heavy atom. The standard InChI is InChI=1S/C5H9NO2/c1-3-2-6-4(3)5(7)8/h3-4,6H,2H2,1H3,(H,7,8)/t3-,4+/m0/s1. The van der Waals surface area contributed by atoms with Gasteiger partial charge in [0.25, 0.3) is 0 Å². The zero-order chi connectivity index (χ0) is 6.15. The Bertz CT molecular complexity index is 113. The zero-order valence-electron chi connectivity index (χ0n) is 4.72. The monoisotopic (exact) mass is 115 g/mol. The van der Waals surface area contributed by atoms with Gasteiger partial charge in [-0.1, -0.05) is 6.92 Å². The minimum atomic E-state index is -0.733. The zero-order valence-corrected chi connectivity index (χ0v) is 4.72. The normalized spacial score (nSPS) is 36.1. The molecule has 1 saturated heterocycles. The maximum atomic E-state index is 10.1. The van der Waals surface area contributed by atoms with Gasteiger partial charge >= 0.3 is 5.97 Å². The molecule has 3 heteroatoms. The number of aliphatic carboxylic acids is 1. The Balaban J connectivity index is 2.37. The van der Waals surface area contributed by atoms with E-state index in [9.17, 15) is 4.79 Å². The fourth-order valence-electron chi connectivity index (χ4n) is 0.802. The van der Waals surface area contributed by atoms with E-state index in [1.807, 2.05) is 6.92 Å². The van der Waals surface area contributed by atoms with Crippen LogP contribution in [0.4, 0.5) is 0 Å². The number of hydrogen-bond donors (Lipinski definition) is 2. The number of rotatable bonds is 1. The molecule has 1 aliphatic rings. The first kappa shape index (κ1) is 5.56. The lowest BCUT2D eigenvalue weighted by atomic mass is 9.94. The van der Waals surface area contributed by atoms with Crippen LogP contribution in [0.25, 0.3) is 0 Å². The number of hydrogen-bond acceptors (Lipinski definition) is 2. The second-order valence-electron chi connectivity index (χ2n) is 2.20. The number of carboxylic acids is 1. The highest BCUT2D eigenvalue weighted by molar-refractivity contribution is 5.74. The minimum Gasteiger partial charge on any atom is -0.480 e. The molecule has 0 saturated carbocycles. The van der Waals surface area contributed by atoms with E-state index in [0.717, 1.165) is 6.54 Å². The third kappa shape index (κ3) is 0.690. The largest absolute Gasteiger partial charge is 0.480 e. The van der Waals surface area contributed by atoms with Gasteiger partial charge in [-0.2, -0.15) is 0 Å². The first-order chi connectivity index (χ1) is 3.72. The molecule has 8 heavy (non-hydrogen) atoms. The summed E-state index contributed by atoms with van der Waals surface area (Å²) in [7, 11) is 0. The van der Waals surface area contributed by atoms with E-state index in [0.29, 0.717) is 5.92 Å². The van der Waals surface area contributed by atoms with Crippen molar-refractivity contribution in [2.24, 2.45) is 5.92 Å². The van der Waals surface area contributed by atoms with Crippen molar-refractivity contribution in [1.29, 1.82) is 0 Å². The summed E-state index contributed by atoms with van der Waals surface area (Å²) in [5.41, 5.74) is 0. The third-order valence-electron chi connectivity index (χ3n) is 1.49. The topological polar surface area (TPSA) is 49.3 Å². The quantitative estimate of drug-likeness (QED) is 0.492. The molecule has 0 bridgehead atoms. The summed E-state index contributed by atoms with van der Waals surface area (Å²) in [6, 6.07) is -0.282. The minimum absolute atomic E-state index is 0.282. The van der Waals surface area contributed by atoms with E-state index in [-0.39, 0.29) is 6.04 Å². The summed E-state index contributed by atoms with van der Waals surface area (Å²) in [5.74, 6) is -0.420. The highest BCUT2D eigenvalue weighted by Crippen LogP contribution is 2.10. The van der Waals surface area contributed by atoms with Crippen molar-refractivity contribution in [2.45, 2.75) is 13.0 Å². The second kappa shape index (κ2) is 1.74. The molecule has 0 amide bonds. The van der Waals surface area contributed by atoms with Gasteiger partial charge in [0.05, 0.1) is 0 Å². The summed E-state index contributed by atoms with van der Waals surface area (Å²) >= 11 is 0. The van der Waals surface area contributed by atoms with E-state index < -0.39 is 5.97 Å². The van der Waals surface area contributed by atoms with Crippen molar-refractivity contribution >= 4 is 5.97 Å². The Kier molecular flexibility index (Phi) is 1.21. The Morgan fingerprint density at radius 1 is 1.88 bits per heavy atom. The number of carboxylic acid groups (broad SMARTS) is 1. The van der Waals surface area contributed by atoms with E-state index in [1.165, 1.54) is 0 Å². The SMILES string of the molecule is C[C@H]1CN[C@H]1C(=O)O. The molecule has 0 radical (unpaired) electrons. The van der Waals surface area contributed by atoms with Crippen LogP contribution in [0.15, 0.2) is 0 Å². The molecule has 0 spiro atoms. The molecule has 1 aliphatic heterocycles. The van der Waals surface area contributed by atoms with E-state index in [1.54, 1.807) is 0 Å². The van der Waals surface area contributed by atoms with Crippen LogP contribution in [0.1, 0.15) is 6.92 Å². The highest BCUT2D eigenvalue weighted by Gasteiger charge is 2.31. The Hall–Kier alpha value is -0.570. The van der Waals surface area contributed by atoms with Gasteiger partial charge in [-0.25, -0.2) is 0 Å². The first-order valence-corrected chi connectivity index (χ1v) is 2.68. The fraction of sp³-hybridized carbons (Fsp3) is 0.800. The van der Waals surface area contributed by atoms with Gasteiger partial charge in [-0.05, 0) is 5.92 Å². The lowest BCUT2D eigenvalue weighted by molar-refractivity contribution is -0.143. The van der Waals surface area contributed by atoms with Crippen LogP contribution in [0.3, 0.4) is 0 Å². The molecule has 0 unspecified atom stereocenters. The summed E-state index contributed by atoms with van der Waals surface area (Å²) in [5, 5.41) is 11.1. The van der Waals surface area contributed by atoms with Crippen molar-refractivity contribution in [1.82, 2.24) is 5.32 Å². The average molecular weight is 115 g/mol. The maximum Gasteiger partial charge on any atom is 0.321 e. The lowest BCUT2D eigenvalue weighted by Gasteiger charge is -2.31. The van der Waals surface area contributed by atoms with Gasteiger partial charge in [-0.15, -0.1) is 0 Å². The van der Waals surface area contributed by atoms with E-state index in [4.69, 9.17) is 5.11 Å². The molecule has 2 atom stereocenters. The molecule has 3 nitrogen and oxygen atoms in total. The van der Waals surface area contributed by atoms with Gasteiger partial charge in [0.2, 0.25) is 0 Å². The van der Waals surface area contributed by atoms with Gasteiger partial charge in [0.1, 0.15) is 6.04 Å². The predicted octanol–water partition coefficient (Wildman–Crippen LogP) is -0.321. The molecule has 0 aliphatic carbocycles. The number of nitrogens with one attached hydrogen (secondary N) is 1. The van der Waals surface area contributed by atoms with Gasteiger partial charge in [-0.3, -0.25) is 4.79 Å². The highest BCUT2D eigenvalue weighted by atomic mass is 16.4. The third-order valence-corrected chi connectivity index (χ3v) is 1.49. The van der Waals surface area contributed by atoms with Crippen LogP contribution in [-0.2, 0) is 4.79 Å². The Morgan fingerprint density at radius 2 is 2.50 bits per heavy atom. The molecule has 46 valence electrons. The van der Waals surface area contributed by atoms with Crippen molar-refractivity contribution in [3.05, 3.63) is 0 Å². The van der Waals surface area contributed by atoms with Crippen molar-refractivity contribution in [3.8, 4) is 0 Å². The van der Waals surface area contributed by atoms with Crippen molar-refractivity contribution in [2.75, 3.05) is 6.54 Å². The molecule has 2 N–H and O–H groups in total. The molecule has 0 aromatic carbocycles. The molecule has 0 aromatic heterocycles. The summed E-state index contributed by atoms with van der Waals surface area (Å²) in [6.07, 6.45) is 0. The first-order valence-electron chi connectivity index (χ1n) is 2.68. The van der Waals surface area contributed by atoms with E-state index >= 15 is 0 Å².